The molecule has 4 heteroatoms. The number of hydrogen-bond acceptors (Lipinski definition) is 3. The first-order valence-corrected chi connectivity index (χ1v) is 8.17. The summed E-state index contributed by atoms with van der Waals surface area (Å²) in [5.74, 6) is -0.227. The minimum absolute atomic E-state index is 0.0977. The fraction of sp³-hybridized carbons (Fsp3) is 0.556. The van der Waals surface area contributed by atoms with Crippen LogP contribution in [0.15, 0.2) is 30.3 Å². The Morgan fingerprint density at radius 3 is 2.73 bits per heavy atom. The van der Waals surface area contributed by atoms with Gasteiger partial charge in [0.1, 0.15) is 6.61 Å². The summed E-state index contributed by atoms with van der Waals surface area (Å²) >= 11 is 0. The Bertz CT molecular complexity index is 500. The van der Waals surface area contributed by atoms with Gasteiger partial charge in [-0.05, 0) is 18.4 Å². The average molecular weight is 303 g/mol. The molecule has 1 aromatic carbocycles. The van der Waals surface area contributed by atoms with Crippen LogP contribution >= 0.6 is 0 Å². The van der Waals surface area contributed by atoms with E-state index in [1.807, 2.05) is 37.3 Å². The van der Waals surface area contributed by atoms with Gasteiger partial charge < -0.3 is 4.74 Å². The van der Waals surface area contributed by atoms with Crippen LogP contribution in [0.1, 0.15) is 45.1 Å². The van der Waals surface area contributed by atoms with Gasteiger partial charge in [-0.2, -0.15) is 0 Å². The summed E-state index contributed by atoms with van der Waals surface area (Å²) in [4.78, 5) is 25.8. The highest BCUT2D eigenvalue weighted by molar-refractivity contribution is 5.94. The molecule has 0 radical (unpaired) electrons. The van der Waals surface area contributed by atoms with Crippen LogP contribution in [0.3, 0.4) is 0 Å². The van der Waals surface area contributed by atoms with Crippen LogP contribution < -0.4 is 0 Å². The summed E-state index contributed by atoms with van der Waals surface area (Å²) in [6.07, 6.45) is 4.26. The fourth-order valence-corrected chi connectivity index (χ4v) is 2.83. The zero-order valence-electron chi connectivity index (χ0n) is 13.5. The Hall–Kier alpha value is -1.84. The van der Waals surface area contributed by atoms with Gasteiger partial charge in [-0.25, -0.2) is 9.69 Å². The summed E-state index contributed by atoms with van der Waals surface area (Å²) in [6.45, 7) is 4.34. The Morgan fingerprint density at radius 2 is 2.05 bits per heavy atom. The third-order valence-electron chi connectivity index (χ3n) is 4.17. The predicted molar refractivity (Wildman–Crippen MR) is 85.4 cm³/mol. The van der Waals surface area contributed by atoms with Crippen LogP contribution in [-0.4, -0.2) is 29.5 Å². The standard InChI is InChI=1S/C18H25NO3/c1-3-4-6-9-14(2)17(20)19-16(13-22-18(19)21)12-15-10-7-5-8-11-15/h5,7-8,10-11,14,16H,3-4,6,9,12-13H2,1-2H3/t14-,16-/m1/s1. The second-order valence-electron chi connectivity index (χ2n) is 6.03. The van der Waals surface area contributed by atoms with Crippen molar-refractivity contribution in [1.82, 2.24) is 4.90 Å². The molecule has 1 heterocycles. The number of carbonyl (C=O) groups excluding carboxylic acids is 2. The molecule has 0 bridgehead atoms. The average Bonchev–Trinajstić information content (AvgIpc) is 2.88. The molecule has 0 aliphatic carbocycles. The topological polar surface area (TPSA) is 46.6 Å². The van der Waals surface area contributed by atoms with Crippen LogP contribution in [-0.2, 0) is 16.0 Å². The van der Waals surface area contributed by atoms with Crippen molar-refractivity contribution in [3.63, 3.8) is 0 Å². The summed E-state index contributed by atoms with van der Waals surface area (Å²) in [7, 11) is 0. The lowest BCUT2D eigenvalue weighted by Crippen LogP contribution is -2.43. The molecular weight excluding hydrogens is 278 g/mol. The Morgan fingerprint density at radius 1 is 1.32 bits per heavy atom. The van der Waals surface area contributed by atoms with Crippen molar-refractivity contribution in [2.75, 3.05) is 6.61 Å². The van der Waals surface area contributed by atoms with Gasteiger partial charge in [-0.1, -0.05) is 63.4 Å². The van der Waals surface area contributed by atoms with Crippen LogP contribution in [0.25, 0.3) is 0 Å². The molecule has 1 saturated heterocycles. The lowest BCUT2D eigenvalue weighted by atomic mass is 10.00. The first-order chi connectivity index (χ1) is 10.6. The molecule has 2 atom stereocenters. The van der Waals surface area contributed by atoms with Gasteiger partial charge in [0.25, 0.3) is 0 Å². The highest BCUT2D eigenvalue weighted by atomic mass is 16.6. The Labute approximate surface area is 132 Å². The molecule has 2 rings (SSSR count). The van der Waals surface area contributed by atoms with Crippen molar-refractivity contribution in [2.24, 2.45) is 5.92 Å². The second kappa shape index (κ2) is 7.97. The summed E-state index contributed by atoms with van der Waals surface area (Å²) in [6, 6.07) is 9.72. The largest absolute Gasteiger partial charge is 0.447 e. The normalized spacial score (nSPS) is 19.1. The van der Waals surface area contributed by atoms with E-state index in [4.69, 9.17) is 4.74 Å². The van der Waals surface area contributed by atoms with Crippen LogP contribution in [0.4, 0.5) is 4.79 Å². The quantitative estimate of drug-likeness (QED) is 0.720. The molecule has 1 aliphatic rings. The van der Waals surface area contributed by atoms with Gasteiger partial charge in [0.2, 0.25) is 5.91 Å². The zero-order valence-corrected chi connectivity index (χ0v) is 13.5. The van der Waals surface area contributed by atoms with Crippen LogP contribution in [0, 0.1) is 5.92 Å². The maximum Gasteiger partial charge on any atom is 0.416 e. The molecule has 1 aromatic rings. The molecular formula is C18H25NO3. The number of unbranched alkanes of at least 4 members (excludes halogenated alkanes) is 2. The predicted octanol–water partition coefficient (Wildman–Crippen LogP) is 3.79. The van der Waals surface area contributed by atoms with Gasteiger partial charge in [0, 0.05) is 5.92 Å². The van der Waals surface area contributed by atoms with Crippen molar-refractivity contribution < 1.29 is 14.3 Å². The van der Waals surface area contributed by atoms with E-state index in [1.54, 1.807) is 0 Å². The molecule has 1 aliphatic heterocycles. The molecule has 0 N–H and O–H groups in total. The lowest BCUT2D eigenvalue weighted by molar-refractivity contribution is -0.133. The Kier molecular flexibility index (Phi) is 5.99. The number of cyclic esters (lactones) is 1. The SMILES string of the molecule is CCCCC[C@@H](C)C(=O)N1C(=O)OC[C@H]1Cc1ccccc1. The monoisotopic (exact) mass is 303 g/mol. The number of imide groups is 1. The highest BCUT2D eigenvalue weighted by Crippen LogP contribution is 2.22. The van der Waals surface area contributed by atoms with Crippen molar-refractivity contribution in [1.29, 1.82) is 0 Å². The lowest BCUT2D eigenvalue weighted by Gasteiger charge is -2.23. The van der Waals surface area contributed by atoms with E-state index in [0.29, 0.717) is 13.0 Å². The van der Waals surface area contributed by atoms with Crippen molar-refractivity contribution >= 4 is 12.0 Å². The third-order valence-corrected chi connectivity index (χ3v) is 4.17. The zero-order chi connectivity index (χ0) is 15.9. The number of nitrogens with zero attached hydrogens (tertiary/aromatic N) is 1. The molecule has 4 nitrogen and oxygen atoms in total. The number of amides is 2. The van der Waals surface area contributed by atoms with E-state index in [1.165, 1.54) is 4.90 Å². The molecule has 0 spiro atoms. The minimum Gasteiger partial charge on any atom is -0.447 e. The molecule has 2 amide bonds. The minimum atomic E-state index is -0.492. The second-order valence-corrected chi connectivity index (χ2v) is 6.03. The number of benzene rings is 1. The van der Waals surface area contributed by atoms with Crippen LogP contribution in [0.2, 0.25) is 0 Å². The molecule has 0 unspecified atom stereocenters. The van der Waals surface area contributed by atoms with E-state index in [0.717, 1.165) is 31.2 Å². The molecule has 0 aromatic heterocycles. The molecule has 22 heavy (non-hydrogen) atoms. The van der Waals surface area contributed by atoms with Gasteiger partial charge in [0.05, 0.1) is 6.04 Å². The first-order valence-electron chi connectivity index (χ1n) is 8.17. The Balaban J connectivity index is 1.99. The van der Waals surface area contributed by atoms with Crippen molar-refractivity contribution in [3.8, 4) is 0 Å². The van der Waals surface area contributed by atoms with E-state index in [2.05, 4.69) is 6.92 Å². The number of ether oxygens (including phenoxy) is 1. The number of hydrogen-bond donors (Lipinski definition) is 0. The third kappa shape index (κ3) is 4.09. The fourth-order valence-electron chi connectivity index (χ4n) is 2.83. The van der Waals surface area contributed by atoms with Crippen molar-refractivity contribution in [3.05, 3.63) is 35.9 Å². The molecule has 1 fully saturated rings. The summed E-state index contributed by atoms with van der Waals surface area (Å²) in [5.41, 5.74) is 1.11. The van der Waals surface area contributed by atoms with Gasteiger partial charge in [-0.3, -0.25) is 4.79 Å². The van der Waals surface area contributed by atoms with Gasteiger partial charge >= 0.3 is 6.09 Å². The van der Waals surface area contributed by atoms with E-state index in [9.17, 15) is 9.59 Å². The smallest absolute Gasteiger partial charge is 0.416 e. The van der Waals surface area contributed by atoms with Gasteiger partial charge in [0.15, 0.2) is 0 Å². The van der Waals surface area contributed by atoms with E-state index in [-0.39, 0.29) is 17.9 Å². The van der Waals surface area contributed by atoms with Crippen molar-refractivity contribution in [2.45, 2.75) is 52.0 Å². The van der Waals surface area contributed by atoms with Gasteiger partial charge in [-0.15, -0.1) is 0 Å². The molecule has 0 saturated carbocycles. The maximum absolute atomic E-state index is 12.6. The van der Waals surface area contributed by atoms with E-state index < -0.39 is 6.09 Å². The maximum atomic E-state index is 12.6. The molecule has 120 valence electrons. The number of carbonyl (C=O) groups is 2. The number of rotatable bonds is 7. The van der Waals surface area contributed by atoms with Crippen LogP contribution in [0.5, 0.6) is 0 Å². The highest BCUT2D eigenvalue weighted by Gasteiger charge is 2.39. The summed E-state index contributed by atoms with van der Waals surface area (Å²) < 4.78 is 5.11. The van der Waals surface area contributed by atoms with E-state index >= 15 is 0 Å². The summed E-state index contributed by atoms with van der Waals surface area (Å²) in [5, 5.41) is 0. The first kappa shape index (κ1) is 16.5.